The first-order valence-corrected chi connectivity index (χ1v) is 5.44. The molecule has 0 aliphatic rings. The highest BCUT2D eigenvalue weighted by molar-refractivity contribution is 5.55. The summed E-state index contributed by atoms with van der Waals surface area (Å²) in [7, 11) is 0. The van der Waals surface area contributed by atoms with Gasteiger partial charge >= 0.3 is 11.8 Å². The summed E-state index contributed by atoms with van der Waals surface area (Å²) in [5, 5.41) is 7.63. The predicted octanol–water partition coefficient (Wildman–Crippen LogP) is 1.74. The molecule has 0 aliphatic heterocycles. The fraction of sp³-hybridized carbons (Fsp3) is 0.182. The molecule has 0 amide bonds. The minimum atomic E-state index is 0.217. The Balaban J connectivity index is 1.94. The molecule has 0 aliphatic carbocycles. The van der Waals surface area contributed by atoms with Gasteiger partial charge in [-0.25, -0.2) is 0 Å². The van der Waals surface area contributed by atoms with Crippen LogP contribution in [0.15, 0.2) is 33.6 Å². The van der Waals surface area contributed by atoms with Crippen molar-refractivity contribution in [2.24, 2.45) is 0 Å². The molecule has 0 fully saturated rings. The fourth-order valence-electron chi connectivity index (χ4n) is 1.41. The minimum Gasteiger partial charge on any atom is -0.329 e. The molecule has 90 valence electrons. The van der Waals surface area contributed by atoms with Crippen molar-refractivity contribution in [3.05, 3.63) is 30.4 Å². The number of aromatic nitrogens is 5. The Morgan fingerprint density at radius 3 is 2.44 bits per heavy atom. The second-order valence-corrected chi connectivity index (χ2v) is 3.53. The largest absolute Gasteiger partial charge is 0.329 e. The van der Waals surface area contributed by atoms with Crippen LogP contribution in [0.5, 0.6) is 0 Å². The molecule has 0 unspecified atom stereocenters. The van der Waals surface area contributed by atoms with E-state index in [9.17, 15) is 0 Å². The summed E-state index contributed by atoms with van der Waals surface area (Å²) in [5.41, 5.74) is 0.815. The van der Waals surface area contributed by atoms with Crippen molar-refractivity contribution >= 4 is 0 Å². The summed E-state index contributed by atoms with van der Waals surface area (Å²) in [6, 6.07) is 3.58. The van der Waals surface area contributed by atoms with Crippen molar-refractivity contribution in [1.82, 2.24) is 25.3 Å². The van der Waals surface area contributed by atoms with Crippen LogP contribution in [-0.2, 0) is 6.42 Å². The first kappa shape index (κ1) is 10.6. The molecule has 0 spiro atoms. The summed E-state index contributed by atoms with van der Waals surface area (Å²) < 4.78 is 10.1. The monoisotopic (exact) mass is 243 g/mol. The van der Waals surface area contributed by atoms with Crippen molar-refractivity contribution < 1.29 is 9.05 Å². The fourth-order valence-corrected chi connectivity index (χ4v) is 1.41. The number of hydrogen-bond donors (Lipinski definition) is 0. The molecule has 7 nitrogen and oxygen atoms in total. The molecular weight excluding hydrogens is 234 g/mol. The van der Waals surface area contributed by atoms with E-state index in [1.54, 1.807) is 24.5 Å². The molecule has 3 aromatic heterocycles. The second kappa shape index (κ2) is 4.36. The normalized spacial score (nSPS) is 10.7. The van der Waals surface area contributed by atoms with Gasteiger partial charge < -0.3 is 9.05 Å². The van der Waals surface area contributed by atoms with Crippen LogP contribution in [-0.4, -0.2) is 25.3 Å². The van der Waals surface area contributed by atoms with Crippen molar-refractivity contribution in [3.63, 3.8) is 0 Å². The van der Waals surface area contributed by atoms with Crippen molar-refractivity contribution in [2.45, 2.75) is 13.3 Å². The smallest absolute Gasteiger partial charge is 0.316 e. The summed E-state index contributed by atoms with van der Waals surface area (Å²) in [5.74, 6) is 1.52. The summed E-state index contributed by atoms with van der Waals surface area (Å²) in [6.45, 7) is 1.94. The van der Waals surface area contributed by atoms with Crippen molar-refractivity contribution in [1.29, 1.82) is 0 Å². The molecule has 3 aromatic rings. The quantitative estimate of drug-likeness (QED) is 0.691. The molecule has 0 atom stereocenters. The van der Waals surface area contributed by atoms with E-state index < -0.39 is 0 Å². The van der Waals surface area contributed by atoms with E-state index in [0.717, 1.165) is 5.56 Å². The van der Waals surface area contributed by atoms with E-state index in [0.29, 0.717) is 18.1 Å². The lowest BCUT2D eigenvalue weighted by Gasteiger charge is -1.89. The van der Waals surface area contributed by atoms with Crippen LogP contribution in [0.2, 0.25) is 0 Å². The van der Waals surface area contributed by atoms with Gasteiger partial charge in [0, 0.05) is 24.4 Å². The van der Waals surface area contributed by atoms with Crippen LogP contribution in [0, 0.1) is 0 Å². The minimum absolute atomic E-state index is 0.217. The Bertz CT molecular complexity index is 646. The second-order valence-electron chi connectivity index (χ2n) is 3.53. The Hall–Kier alpha value is -2.57. The van der Waals surface area contributed by atoms with Crippen LogP contribution in [0.25, 0.3) is 23.2 Å². The highest BCUT2D eigenvalue weighted by Crippen LogP contribution is 2.20. The van der Waals surface area contributed by atoms with Gasteiger partial charge in [-0.15, -0.1) is 0 Å². The first-order chi connectivity index (χ1) is 8.86. The van der Waals surface area contributed by atoms with Gasteiger partial charge in [0.1, 0.15) is 0 Å². The van der Waals surface area contributed by atoms with E-state index in [2.05, 4.69) is 25.3 Å². The van der Waals surface area contributed by atoms with E-state index in [1.807, 2.05) is 6.92 Å². The highest BCUT2D eigenvalue weighted by atomic mass is 16.5. The van der Waals surface area contributed by atoms with Gasteiger partial charge in [0.25, 0.3) is 0 Å². The molecule has 0 N–H and O–H groups in total. The molecule has 0 bridgehead atoms. The standard InChI is InChI=1S/C11H9N5O2/c1-2-8-13-10(17-15-8)11-14-9(16-18-11)7-3-5-12-6-4-7/h3-6H,2H2,1H3. The Morgan fingerprint density at radius 1 is 1.00 bits per heavy atom. The van der Waals surface area contributed by atoms with Crippen LogP contribution < -0.4 is 0 Å². The van der Waals surface area contributed by atoms with E-state index in [1.165, 1.54) is 0 Å². The zero-order valence-electron chi connectivity index (χ0n) is 9.57. The molecule has 7 heteroatoms. The average Bonchev–Trinajstić information content (AvgIpc) is 3.08. The van der Waals surface area contributed by atoms with E-state index >= 15 is 0 Å². The van der Waals surface area contributed by atoms with Gasteiger partial charge in [-0.05, 0) is 12.1 Å². The van der Waals surface area contributed by atoms with E-state index in [-0.39, 0.29) is 11.8 Å². The number of hydrogen-bond acceptors (Lipinski definition) is 7. The molecule has 3 heterocycles. The molecule has 0 saturated carbocycles. The van der Waals surface area contributed by atoms with Gasteiger partial charge in [0.2, 0.25) is 5.82 Å². The number of pyridine rings is 1. The zero-order chi connectivity index (χ0) is 12.4. The van der Waals surface area contributed by atoms with Gasteiger partial charge in [0.05, 0.1) is 0 Å². The summed E-state index contributed by atoms with van der Waals surface area (Å²) >= 11 is 0. The maximum atomic E-state index is 5.09. The Kier molecular flexibility index (Phi) is 2.56. The number of rotatable bonds is 3. The molecule has 3 rings (SSSR count). The molecule has 18 heavy (non-hydrogen) atoms. The zero-order valence-corrected chi connectivity index (χ0v) is 9.57. The van der Waals surface area contributed by atoms with Crippen LogP contribution in [0.4, 0.5) is 0 Å². The van der Waals surface area contributed by atoms with E-state index in [4.69, 9.17) is 9.05 Å². The maximum absolute atomic E-state index is 5.09. The number of aryl methyl sites for hydroxylation is 1. The van der Waals surface area contributed by atoms with Crippen LogP contribution >= 0.6 is 0 Å². The highest BCUT2D eigenvalue weighted by Gasteiger charge is 2.16. The Labute approximate surface area is 102 Å². The summed E-state index contributed by atoms with van der Waals surface area (Å²) in [6.07, 6.45) is 4.01. The summed E-state index contributed by atoms with van der Waals surface area (Å²) in [4.78, 5) is 12.2. The maximum Gasteiger partial charge on any atom is 0.316 e. The predicted molar refractivity (Wildman–Crippen MR) is 60.2 cm³/mol. The van der Waals surface area contributed by atoms with Gasteiger partial charge in [0.15, 0.2) is 5.82 Å². The lowest BCUT2D eigenvalue weighted by atomic mass is 10.2. The van der Waals surface area contributed by atoms with Gasteiger partial charge in [-0.1, -0.05) is 17.2 Å². The van der Waals surface area contributed by atoms with Crippen molar-refractivity contribution in [2.75, 3.05) is 0 Å². The molecule has 0 aromatic carbocycles. The van der Waals surface area contributed by atoms with Crippen molar-refractivity contribution in [3.8, 4) is 23.2 Å². The Morgan fingerprint density at radius 2 is 1.72 bits per heavy atom. The third kappa shape index (κ3) is 1.86. The van der Waals surface area contributed by atoms with Crippen LogP contribution in [0.3, 0.4) is 0 Å². The molecule has 0 saturated heterocycles. The topological polar surface area (TPSA) is 90.7 Å². The first-order valence-electron chi connectivity index (χ1n) is 5.44. The average molecular weight is 243 g/mol. The SMILES string of the molecule is CCc1noc(-c2nc(-c3ccncc3)no2)n1. The molecular formula is C11H9N5O2. The van der Waals surface area contributed by atoms with Gasteiger partial charge in [-0.3, -0.25) is 4.98 Å². The third-order valence-electron chi connectivity index (χ3n) is 2.33. The van der Waals surface area contributed by atoms with Gasteiger partial charge in [-0.2, -0.15) is 9.97 Å². The third-order valence-corrected chi connectivity index (χ3v) is 2.33. The molecule has 0 radical (unpaired) electrons. The lowest BCUT2D eigenvalue weighted by Crippen LogP contribution is -1.83. The van der Waals surface area contributed by atoms with Crippen LogP contribution in [0.1, 0.15) is 12.7 Å². The lowest BCUT2D eigenvalue weighted by molar-refractivity contribution is 0.380. The number of nitrogens with zero attached hydrogens (tertiary/aromatic N) is 5.